The zero-order valence-corrected chi connectivity index (χ0v) is 11.7. The first-order valence-corrected chi connectivity index (χ1v) is 7.68. The van der Waals surface area contributed by atoms with E-state index in [0.29, 0.717) is 13.2 Å². The van der Waals surface area contributed by atoms with Crippen LogP contribution in [0.2, 0.25) is 0 Å². The standard InChI is InChI=1S/C13H17FN2O3S/c14-9-5-10(15)7-12(6-9)20(18)8-13(17)16-11-1-3-19-4-2-11/h5-7,11H,1-4,8,15H2,(H,16,17). The molecular formula is C13H17FN2O3S. The van der Waals surface area contributed by atoms with Gasteiger partial charge in [0.1, 0.15) is 11.6 Å². The number of rotatable bonds is 4. The third-order valence-corrected chi connectivity index (χ3v) is 4.29. The van der Waals surface area contributed by atoms with Crippen molar-refractivity contribution in [3.05, 3.63) is 24.0 Å². The molecule has 2 rings (SSSR count). The lowest BCUT2D eigenvalue weighted by Crippen LogP contribution is -2.40. The van der Waals surface area contributed by atoms with E-state index in [4.69, 9.17) is 10.5 Å². The van der Waals surface area contributed by atoms with Crippen LogP contribution < -0.4 is 11.1 Å². The highest BCUT2D eigenvalue weighted by molar-refractivity contribution is 7.85. The van der Waals surface area contributed by atoms with Crippen molar-refractivity contribution in [2.45, 2.75) is 23.8 Å². The maximum absolute atomic E-state index is 13.2. The van der Waals surface area contributed by atoms with Gasteiger partial charge in [-0.2, -0.15) is 0 Å². The lowest BCUT2D eigenvalue weighted by molar-refractivity contribution is -0.119. The van der Waals surface area contributed by atoms with Gasteiger partial charge in [0.25, 0.3) is 0 Å². The molecule has 0 spiro atoms. The van der Waals surface area contributed by atoms with Crippen molar-refractivity contribution in [1.29, 1.82) is 0 Å². The van der Waals surface area contributed by atoms with E-state index in [1.165, 1.54) is 6.07 Å². The van der Waals surface area contributed by atoms with Crippen molar-refractivity contribution in [2.75, 3.05) is 24.7 Å². The Morgan fingerprint density at radius 2 is 2.10 bits per heavy atom. The molecule has 7 heteroatoms. The van der Waals surface area contributed by atoms with E-state index in [-0.39, 0.29) is 28.3 Å². The molecule has 0 aromatic heterocycles. The van der Waals surface area contributed by atoms with Gasteiger partial charge in [0.05, 0.1) is 10.8 Å². The van der Waals surface area contributed by atoms with Gasteiger partial charge < -0.3 is 15.8 Å². The van der Waals surface area contributed by atoms with Crippen LogP contribution in [0.1, 0.15) is 12.8 Å². The van der Waals surface area contributed by atoms with E-state index in [0.717, 1.165) is 25.0 Å². The predicted molar refractivity (Wildman–Crippen MR) is 74.1 cm³/mol. The number of carbonyl (C=O) groups is 1. The van der Waals surface area contributed by atoms with Crippen LogP contribution in [0.25, 0.3) is 0 Å². The first-order chi connectivity index (χ1) is 9.54. The molecule has 1 heterocycles. The molecule has 1 unspecified atom stereocenters. The summed E-state index contributed by atoms with van der Waals surface area (Å²) in [7, 11) is -1.60. The molecule has 1 fully saturated rings. The number of anilines is 1. The van der Waals surface area contributed by atoms with Crippen LogP contribution in [0.5, 0.6) is 0 Å². The van der Waals surface area contributed by atoms with Gasteiger partial charge in [0, 0.05) is 29.8 Å². The average molecular weight is 300 g/mol. The molecule has 0 bridgehead atoms. The maximum atomic E-state index is 13.2. The Bertz CT molecular complexity index is 498. The van der Waals surface area contributed by atoms with E-state index in [1.54, 1.807) is 0 Å². The second-order valence-corrected chi connectivity index (χ2v) is 6.12. The second-order valence-electron chi connectivity index (χ2n) is 4.66. The SMILES string of the molecule is Nc1cc(F)cc(S(=O)CC(=O)NC2CCOCC2)c1. The Kier molecular flexibility index (Phi) is 5.08. The first-order valence-electron chi connectivity index (χ1n) is 6.36. The van der Waals surface area contributed by atoms with Crippen LogP contribution in [0, 0.1) is 5.82 Å². The second kappa shape index (κ2) is 6.81. The van der Waals surface area contributed by atoms with Gasteiger partial charge in [-0.1, -0.05) is 0 Å². The topological polar surface area (TPSA) is 81.4 Å². The maximum Gasteiger partial charge on any atom is 0.233 e. The number of carbonyl (C=O) groups excluding carboxylic acids is 1. The van der Waals surface area contributed by atoms with Crippen molar-refractivity contribution in [1.82, 2.24) is 5.32 Å². The van der Waals surface area contributed by atoms with E-state index in [2.05, 4.69) is 5.32 Å². The lowest BCUT2D eigenvalue weighted by Gasteiger charge is -2.22. The van der Waals surface area contributed by atoms with Gasteiger partial charge in [-0.3, -0.25) is 9.00 Å². The molecule has 1 saturated heterocycles. The van der Waals surface area contributed by atoms with E-state index < -0.39 is 16.6 Å². The molecule has 1 amide bonds. The minimum Gasteiger partial charge on any atom is -0.399 e. The van der Waals surface area contributed by atoms with Crippen molar-refractivity contribution in [2.24, 2.45) is 0 Å². The minimum atomic E-state index is -1.60. The van der Waals surface area contributed by atoms with Crippen LogP contribution in [0.4, 0.5) is 10.1 Å². The molecule has 0 saturated carbocycles. The van der Waals surface area contributed by atoms with Crippen molar-refractivity contribution >= 4 is 22.4 Å². The molecule has 0 aliphatic carbocycles. The highest BCUT2D eigenvalue weighted by Crippen LogP contribution is 2.14. The largest absolute Gasteiger partial charge is 0.399 e. The summed E-state index contributed by atoms with van der Waals surface area (Å²) in [5.41, 5.74) is 5.68. The van der Waals surface area contributed by atoms with Crippen LogP contribution >= 0.6 is 0 Å². The molecule has 5 nitrogen and oxygen atoms in total. The fourth-order valence-corrected chi connectivity index (χ4v) is 3.03. The zero-order chi connectivity index (χ0) is 14.5. The molecule has 20 heavy (non-hydrogen) atoms. The summed E-state index contributed by atoms with van der Waals surface area (Å²) in [5, 5.41) is 2.81. The molecule has 1 aliphatic heterocycles. The molecule has 1 aliphatic rings. The summed E-state index contributed by atoms with van der Waals surface area (Å²) in [6, 6.07) is 3.75. The van der Waals surface area contributed by atoms with E-state index >= 15 is 0 Å². The molecule has 110 valence electrons. The van der Waals surface area contributed by atoms with Crippen LogP contribution in [-0.2, 0) is 20.3 Å². The number of hydrogen-bond donors (Lipinski definition) is 2. The molecule has 0 radical (unpaired) electrons. The predicted octanol–water partition coefficient (Wildman–Crippen LogP) is 0.811. The summed E-state index contributed by atoms with van der Waals surface area (Å²) < 4.78 is 30.4. The van der Waals surface area contributed by atoms with Gasteiger partial charge in [-0.25, -0.2) is 4.39 Å². The number of benzene rings is 1. The lowest BCUT2D eigenvalue weighted by atomic mass is 10.1. The normalized spacial score (nSPS) is 17.6. The highest BCUT2D eigenvalue weighted by atomic mass is 32.2. The summed E-state index contributed by atoms with van der Waals surface area (Å²) in [5.74, 6) is -1.06. The number of nitrogens with one attached hydrogen (secondary N) is 1. The first kappa shape index (κ1) is 14.9. The molecule has 1 atom stereocenters. The van der Waals surface area contributed by atoms with E-state index in [9.17, 15) is 13.4 Å². The van der Waals surface area contributed by atoms with E-state index in [1.807, 2.05) is 0 Å². The minimum absolute atomic E-state index is 0.0610. The Hall–Kier alpha value is -1.47. The van der Waals surface area contributed by atoms with Crippen molar-refractivity contribution in [3.63, 3.8) is 0 Å². The van der Waals surface area contributed by atoms with Crippen molar-refractivity contribution in [3.8, 4) is 0 Å². The number of ether oxygens (including phenoxy) is 1. The highest BCUT2D eigenvalue weighted by Gasteiger charge is 2.18. The monoisotopic (exact) mass is 300 g/mol. The Labute approximate surface area is 119 Å². The van der Waals surface area contributed by atoms with Gasteiger partial charge in [-0.05, 0) is 31.0 Å². The Morgan fingerprint density at radius 1 is 1.40 bits per heavy atom. The van der Waals surface area contributed by atoms with Gasteiger partial charge in [-0.15, -0.1) is 0 Å². The fourth-order valence-electron chi connectivity index (χ4n) is 2.03. The number of halogens is 1. The molecular weight excluding hydrogens is 283 g/mol. The third kappa shape index (κ3) is 4.28. The summed E-state index contributed by atoms with van der Waals surface area (Å²) in [6.45, 7) is 1.24. The van der Waals surface area contributed by atoms with Crippen LogP contribution in [-0.4, -0.2) is 35.1 Å². The quantitative estimate of drug-likeness (QED) is 0.806. The molecule has 1 aromatic rings. The van der Waals surface area contributed by atoms with Gasteiger partial charge in [0.2, 0.25) is 5.91 Å². The average Bonchev–Trinajstić information content (AvgIpc) is 2.38. The summed E-state index contributed by atoms with van der Waals surface area (Å²) >= 11 is 0. The molecule has 1 aromatic carbocycles. The fraction of sp³-hybridized carbons (Fsp3) is 0.462. The Morgan fingerprint density at radius 3 is 2.75 bits per heavy atom. The summed E-state index contributed by atoms with van der Waals surface area (Å²) in [4.78, 5) is 12.0. The number of nitrogens with two attached hydrogens (primary N) is 1. The van der Waals surface area contributed by atoms with Crippen molar-refractivity contribution < 1.29 is 18.1 Å². The van der Waals surface area contributed by atoms with Gasteiger partial charge in [0.15, 0.2) is 0 Å². The Balaban J connectivity index is 1.91. The zero-order valence-electron chi connectivity index (χ0n) is 10.9. The van der Waals surface area contributed by atoms with Gasteiger partial charge >= 0.3 is 0 Å². The third-order valence-electron chi connectivity index (χ3n) is 3.01. The number of amides is 1. The summed E-state index contributed by atoms with van der Waals surface area (Å²) in [6.07, 6.45) is 1.51. The van der Waals surface area contributed by atoms with Crippen LogP contribution in [0.3, 0.4) is 0 Å². The number of nitrogen functional groups attached to an aromatic ring is 1. The molecule has 3 N–H and O–H groups in total. The van der Waals surface area contributed by atoms with Crippen LogP contribution in [0.15, 0.2) is 23.1 Å². The smallest absolute Gasteiger partial charge is 0.233 e. The number of hydrogen-bond acceptors (Lipinski definition) is 4.